The molecule has 3 N–H and O–H groups in total. The molecule has 0 radical (unpaired) electrons. The molecule has 0 saturated carbocycles. The molecule has 1 aliphatic rings. The molecule has 3 aromatic rings. The second kappa shape index (κ2) is 7.42. The van der Waals surface area contributed by atoms with Crippen molar-refractivity contribution < 1.29 is 9.53 Å². The van der Waals surface area contributed by atoms with Gasteiger partial charge < -0.3 is 20.4 Å². The van der Waals surface area contributed by atoms with Gasteiger partial charge in [-0.15, -0.1) is 0 Å². The van der Waals surface area contributed by atoms with E-state index in [0.717, 1.165) is 35.2 Å². The molecule has 1 aromatic heterocycles. The Morgan fingerprint density at radius 2 is 2.11 bits per heavy atom. The van der Waals surface area contributed by atoms with Crippen LogP contribution < -0.4 is 16.2 Å². The summed E-state index contributed by atoms with van der Waals surface area (Å²) in [6.07, 6.45) is 2.00. The molecule has 1 aliphatic heterocycles. The summed E-state index contributed by atoms with van der Waals surface area (Å²) in [5, 5.41) is 0. The van der Waals surface area contributed by atoms with Gasteiger partial charge >= 0.3 is 5.69 Å². The van der Waals surface area contributed by atoms with Crippen LogP contribution in [0.5, 0.6) is 5.75 Å². The minimum Gasteiger partial charge on any atom is -0.497 e. The van der Waals surface area contributed by atoms with Crippen LogP contribution in [0.4, 0.5) is 5.69 Å². The Morgan fingerprint density at radius 1 is 1.29 bits per heavy atom. The van der Waals surface area contributed by atoms with E-state index in [1.165, 1.54) is 0 Å². The van der Waals surface area contributed by atoms with Crippen molar-refractivity contribution in [3.8, 4) is 5.75 Å². The van der Waals surface area contributed by atoms with Crippen molar-refractivity contribution in [3.63, 3.8) is 0 Å². The van der Waals surface area contributed by atoms with Crippen LogP contribution in [0, 0.1) is 0 Å². The van der Waals surface area contributed by atoms with E-state index in [1.54, 1.807) is 17.7 Å². The average Bonchev–Trinajstić information content (AvgIpc) is 3.05. The first-order valence-electron chi connectivity index (χ1n) is 9.46. The van der Waals surface area contributed by atoms with Crippen molar-refractivity contribution in [1.82, 2.24) is 14.5 Å². The third-order valence-electron chi connectivity index (χ3n) is 5.37. The van der Waals surface area contributed by atoms with Crippen molar-refractivity contribution >= 4 is 22.6 Å². The summed E-state index contributed by atoms with van der Waals surface area (Å²) in [7, 11) is 1.61. The van der Waals surface area contributed by atoms with Gasteiger partial charge in [0.15, 0.2) is 0 Å². The number of imidazole rings is 1. The minimum atomic E-state index is -0.181. The lowest BCUT2D eigenvalue weighted by molar-refractivity contribution is -0.132. The van der Waals surface area contributed by atoms with Crippen LogP contribution in [0.1, 0.15) is 24.4 Å². The first-order chi connectivity index (χ1) is 13.6. The molecule has 1 saturated heterocycles. The van der Waals surface area contributed by atoms with E-state index in [9.17, 15) is 9.59 Å². The molecule has 1 amide bonds. The van der Waals surface area contributed by atoms with Crippen LogP contribution in [0.2, 0.25) is 0 Å². The van der Waals surface area contributed by atoms with Gasteiger partial charge in [-0.1, -0.05) is 18.2 Å². The number of anilines is 1. The van der Waals surface area contributed by atoms with E-state index in [-0.39, 0.29) is 17.6 Å². The maximum absolute atomic E-state index is 12.9. The number of hydrogen-bond acceptors (Lipinski definition) is 4. The van der Waals surface area contributed by atoms with Crippen LogP contribution >= 0.6 is 0 Å². The molecule has 7 heteroatoms. The van der Waals surface area contributed by atoms with Gasteiger partial charge in [-0.2, -0.15) is 0 Å². The minimum absolute atomic E-state index is 0.0545. The SMILES string of the molecule is COc1cccc(CC(=O)N2CCCC(n3c(=O)[nH]c4cccc(N)c43)C2)c1. The van der Waals surface area contributed by atoms with E-state index in [0.29, 0.717) is 25.2 Å². The highest BCUT2D eigenvalue weighted by Gasteiger charge is 2.27. The second-order valence-electron chi connectivity index (χ2n) is 7.21. The smallest absolute Gasteiger partial charge is 0.326 e. The number of amides is 1. The average molecular weight is 380 g/mol. The number of para-hydroxylation sites is 1. The van der Waals surface area contributed by atoms with E-state index >= 15 is 0 Å². The summed E-state index contributed by atoms with van der Waals surface area (Å²) in [5.74, 6) is 0.793. The lowest BCUT2D eigenvalue weighted by atomic mass is 10.0. The monoisotopic (exact) mass is 380 g/mol. The van der Waals surface area contributed by atoms with Gasteiger partial charge in [-0.3, -0.25) is 9.36 Å². The number of nitrogens with zero attached hydrogens (tertiary/aromatic N) is 2. The lowest BCUT2D eigenvalue weighted by Crippen LogP contribution is -2.43. The molecule has 28 heavy (non-hydrogen) atoms. The van der Waals surface area contributed by atoms with E-state index in [1.807, 2.05) is 41.3 Å². The number of aromatic nitrogens is 2. The van der Waals surface area contributed by atoms with Crippen molar-refractivity contribution in [2.45, 2.75) is 25.3 Å². The second-order valence-corrected chi connectivity index (χ2v) is 7.21. The summed E-state index contributed by atoms with van der Waals surface area (Å²) in [6.45, 7) is 1.20. The highest BCUT2D eigenvalue weighted by Crippen LogP contribution is 2.27. The standard InChI is InChI=1S/C21H24N4O3/c1-28-16-7-2-5-14(11-16)12-19(26)24-10-4-6-15(13-24)25-20-17(22)8-3-9-18(20)23-21(25)27/h2-3,5,7-9,11,15H,4,6,10,12-13,22H2,1H3,(H,23,27). The number of ether oxygens (including phenoxy) is 1. The Labute approximate surface area is 162 Å². The van der Waals surface area contributed by atoms with E-state index < -0.39 is 0 Å². The predicted molar refractivity (Wildman–Crippen MR) is 109 cm³/mol. The number of carbonyl (C=O) groups excluding carboxylic acids is 1. The number of likely N-dealkylation sites (tertiary alicyclic amines) is 1. The summed E-state index contributed by atoms with van der Waals surface area (Å²) < 4.78 is 6.95. The number of rotatable bonds is 4. The Morgan fingerprint density at radius 3 is 2.93 bits per heavy atom. The molecule has 2 aromatic carbocycles. The third kappa shape index (κ3) is 3.35. The molecule has 0 bridgehead atoms. The molecule has 4 rings (SSSR count). The topological polar surface area (TPSA) is 93.3 Å². The number of nitrogens with one attached hydrogen (secondary N) is 1. The molecule has 1 unspecified atom stereocenters. The van der Waals surface area contributed by atoms with Crippen molar-refractivity contribution in [2.75, 3.05) is 25.9 Å². The first kappa shape index (κ1) is 18.2. The maximum Gasteiger partial charge on any atom is 0.326 e. The normalized spacial score (nSPS) is 17.0. The van der Waals surface area contributed by atoms with Crippen LogP contribution in [0.15, 0.2) is 47.3 Å². The molecule has 2 heterocycles. The molecule has 1 atom stereocenters. The number of carbonyl (C=O) groups is 1. The zero-order chi connectivity index (χ0) is 19.7. The molecular weight excluding hydrogens is 356 g/mol. The third-order valence-corrected chi connectivity index (χ3v) is 5.37. The summed E-state index contributed by atoms with van der Waals surface area (Å²) in [4.78, 5) is 30.1. The van der Waals surface area contributed by atoms with Crippen LogP contribution in [0.3, 0.4) is 0 Å². The van der Waals surface area contributed by atoms with Crippen LogP contribution in [0.25, 0.3) is 11.0 Å². The van der Waals surface area contributed by atoms with Gasteiger partial charge in [0.2, 0.25) is 5.91 Å². The van der Waals surface area contributed by atoms with Gasteiger partial charge in [0.1, 0.15) is 5.75 Å². The molecule has 7 nitrogen and oxygen atoms in total. The quantitative estimate of drug-likeness (QED) is 0.680. The Kier molecular flexibility index (Phi) is 4.81. The lowest BCUT2D eigenvalue weighted by Gasteiger charge is -2.33. The molecule has 146 valence electrons. The molecule has 1 fully saturated rings. The number of piperidine rings is 1. The molecule has 0 aliphatic carbocycles. The van der Waals surface area contributed by atoms with Crippen molar-refractivity contribution in [1.29, 1.82) is 0 Å². The van der Waals surface area contributed by atoms with Gasteiger partial charge in [-0.05, 0) is 42.7 Å². The van der Waals surface area contributed by atoms with Gasteiger partial charge in [0.05, 0.1) is 36.3 Å². The van der Waals surface area contributed by atoms with Gasteiger partial charge in [0, 0.05) is 13.1 Å². The number of H-pyrrole nitrogens is 1. The summed E-state index contributed by atoms with van der Waals surface area (Å²) >= 11 is 0. The number of benzene rings is 2. The van der Waals surface area contributed by atoms with Gasteiger partial charge in [-0.25, -0.2) is 4.79 Å². The number of aromatic amines is 1. The Bertz CT molecular complexity index is 1070. The fourth-order valence-electron chi connectivity index (χ4n) is 4.02. The zero-order valence-electron chi connectivity index (χ0n) is 15.9. The van der Waals surface area contributed by atoms with E-state index in [4.69, 9.17) is 10.5 Å². The summed E-state index contributed by atoms with van der Waals surface area (Å²) in [5.41, 5.74) is 8.88. The zero-order valence-corrected chi connectivity index (χ0v) is 15.9. The predicted octanol–water partition coefficient (Wildman–Crippen LogP) is 2.33. The van der Waals surface area contributed by atoms with Crippen LogP contribution in [-0.2, 0) is 11.2 Å². The number of nitrogen functional groups attached to an aromatic ring is 1. The highest BCUT2D eigenvalue weighted by atomic mass is 16.5. The molecular formula is C21H24N4O3. The Hall–Kier alpha value is -3.22. The number of nitrogens with two attached hydrogens (primary N) is 1. The number of hydrogen-bond donors (Lipinski definition) is 2. The van der Waals surface area contributed by atoms with Crippen LogP contribution in [-0.4, -0.2) is 40.6 Å². The number of fused-ring (bicyclic) bond motifs is 1. The first-order valence-corrected chi connectivity index (χ1v) is 9.46. The fourth-order valence-corrected chi connectivity index (χ4v) is 4.02. The van der Waals surface area contributed by atoms with E-state index in [2.05, 4.69) is 4.98 Å². The highest BCUT2D eigenvalue weighted by molar-refractivity contribution is 5.87. The molecule has 0 spiro atoms. The van der Waals surface area contributed by atoms with Gasteiger partial charge in [0.25, 0.3) is 0 Å². The number of methoxy groups -OCH3 is 1. The van der Waals surface area contributed by atoms with Crippen molar-refractivity contribution in [3.05, 3.63) is 58.5 Å². The maximum atomic E-state index is 12.9. The van der Waals surface area contributed by atoms with Crippen molar-refractivity contribution in [2.24, 2.45) is 0 Å². The Balaban J connectivity index is 1.56. The summed E-state index contributed by atoms with van der Waals surface area (Å²) in [6, 6.07) is 12.9. The fraction of sp³-hybridized carbons (Fsp3) is 0.333. The largest absolute Gasteiger partial charge is 0.497 e.